The van der Waals surface area contributed by atoms with E-state index < -0.39 is 5.97 Å². The molecule has 0 fully saturated rings. The maximum Gasteiger partial charge on any atom is 0.339 e. The highest BCUT2D eigenvalue weighted by atomic mass is 16.5. The zero-order valence-corrected chi connectivity index (χ0v) is 10.0. The number of carbonyl (C=O) groups is 2. The van der Waals surface area contributed by atoms with Crippen LogP contribution in [0.4, 0.5) is 5.69 Å². The highest BCUT2D eigenvalue weighted by molar-refractivity contribution is 6.04. The van der Waals surface area contributed by atoms with Crippen molar-refractivity contribution >= 4 is 17.6 Å². The molecule has 0 spiro atoms. The van der Waals surface area contributed by atoms with Crippen molar-refractivity contribution in [2.45, 2.75) is 0 Å². The Bertz CT molecular complexity index is 607. The van der Waals surface area contributed by atoms with Crippen molar-refractivity contribution in [1.82, 2.24) is 10.2 Å². The molecule has 1 aromatic carbocycles. The minimum absolute atomic E-state index is 0.0313. The summed E-state index contributed by atoms with van der Waals surface area (Å²) in [5, 5.41) is 17.8. The van der Waals surface area contributed by atoms with Crippen molar-refractivity contribution in [2.75, 3.05) is 12.4 Å². The molecule has 0 aliphatic rings. The van der Waals surface area contributed by atoms with E-state index in [4.69, 9.17) is 9.84 Å². The van der Waals surface area contributed by atoms with Crippen LogP contribution in [0.1, 0.15) is 20.7 Å². The molecule has 0 aliphatic carbocycles. The number of ether oxygens (including phenoxy) is 1. The first-order valence-electron chi connectivity index (χ1n) is 5.33. The van der Waals surface area contributed by atoms with Crippen LogP contribution in [0.15, 0.2) is 30.6 Å². The van der Waals surface area contributed by atoms with E-state index in [0.29, 0.717) is 11.3 Å². The lowest BCUT2D eigenvalue weighted by Gasteiger charge is -2.08. The summed E-state index contributed by atoms with van der Waals surface area (Å²) in [4.78, 5) is 22.7. The molecule has 0 atom stereocenters. The zero-order chi connectivity index (χ0) is 13.8. The van der Waals surface area contributed by atoms with E-state index in [1.807, 2.05) is 0 Å². The average molecular weight is 261 g/mol. The topological polar surface area (TPSA) is 104 Å². The summed E-state index contributed by atoms with van der Waals surface area (Å²) in [5.74, 6) is -1.26. The highest BCUT2D eigenvalue weighted by Gasteiger charge is 2.13. The summed E-state index contributed by atoms with van der Waals surface area (Å²) in [6.45, 7) is 0. The Morgan fingerprint density at radius 1 is 1.42 bits per heavy atom. The number of carboxylic acids is 1. The number of methoxy groups -OCH3 is 1. The van der Waals surface area contributed by atoms with Gasteiger partial charge in [-0.1, -0.05) is 0 Å². The highest BCUT2D eigenvalue weighted by Crippen LogP contribution is 2.23. The molecule has 0 unspecified atom stereocenters. The molecule has 1 amide bonds. The molecule has 0 saturated heterocycles. The second-order valence-electron chi connectivity index (χ2n) is 3.66. The van der Waals surface area contributed by atoms with Gasteiger partial charge in [0.15, 0.2) is 0 Å². The monoisotopic (exact) mass is 261 g/mol. The number of H-pyrrole nitrogens is 1. The Labute approximate surface area is 108 Å². The Morgan fingerprint density at radius 3 is 2.79 bits per heavy atom. The number of hydrogen-bond acceptors (Lipinski definition) is 4. The van der Waals surface area contributed by atoms with Crippen LogP contribution in [0.2, 0.25) is 0 Å². The van der Waals surface area contributed by atoms with Crippen LogP contribution in [0.25, 0.3) is 0 Å². The van der Waals surface area contributed by atoms with Crippen molar-refractivity contribution < 1.29 is 19.4 Å². The van der Waals surface area contributed by atoms with Gasteiger partial charge in [-0.05, 0) is 12.1 Å². The van der Waals surface area contributed by atoms with Crippen molar-refractivity contribution in [2.24, 2.45) is 0 Å². The Balaban J connectivity index is 2.22. The number of carboxylic acid groups (broad SMARTS) is 1. The summed E-state index contributed by atoms with van der Waals surface area (Å²) in [6, 6.07) is 4.30. The van der Waals surface area contributed by atoms with E-state index in [0.717, 1.165) is 0 Å². The molecule has 0 radical (unpaired) electrons. The summed E-state index contributed by atoms with van der Waals surface area (Å²) >= 11 is 0. The number of anilines is 1. The standard InChI is InChI=1S/C12H11N3O4/c1-19-10-4-8(2-3-9(10)12(17)18)15-11(16)7-5-13-14-6-7/h2-6H,1H3,(H,13,14)(H,15,16)(H,17,18). The van der Waals surface area contributed by atoms with E-state index in [1.165, 1.54) is 37.7 Å². The Kier molecular flexibility index (Phi) is 3.46. The molecule has 7 nitrogen and oxygen atoms in total. The number of hydrogen-bond donors (Lipinski definition) is 3. The smallest absolute Gasteiger partial charge is 0.339 e. The lowest BCUT2D eigenvalue weighted by Crippen LogP contribution is -2.11. The lowest BCUT2D eigenvalue weighted by molar-refractivity contribution is 0.0693. The van der Waals surface area contributed by atoms with Crippen LogP contribution < -0.4 is 10.1 Å². The van der Waals surface area contributed by atoms with E-state index in [1.54, 1.807) is 0 Å². The van der Waals surface area contributed by atoms with Gasteiger partial charge in [-0.3, -0.25) is 9.89 Å². The number of aromatic nitrogens is 2. The van der Waals surface area contributed by atoms with Crippen molar-refractivity contribution in [3.8, 4) is 5.75 Å². The van der Waals surface area contributed by atoms with Crippen molar-refractivity contribution in [3.63, 3.8) is 0 Å². The molecule has 0 bridgehead atoms. The van der Waals surface area contributed by atoms with E-state index in [-0.39, 0.29) is 17.2 Å². The number of benzene rings is 1. The predicted octanol–water partition coefficient (Wildman–Crippen LogP) is 1.37. The molecule has 0 saturated carbocycles. The second kappa shape index (κ2) is 5.21. The van der Waals surface area contributed by atoms with Gasteiger partial charge >= 0.3 is 5.97 Å². The zero-order valence-electron chi connectivity index (χ0n) is 10.0. The third-order valence-corrected chi connectivity index (χ3v) is 2.45. The van der Waals surface area contributed by atoms with Crippen LogP contribution in [-0.2, 0) is 0 Å². The second-order valence-corrected chi connectivity index (χ2v) is 3.66. The molecular formula is C12H11N3O4. The minimum atomic E-state index is -1.09. The van der Waals surface area contributed by atoms with Gasteiger partial charge in [0.25, 0.3) is 5.91 Å². The van der Waals surface area contributed by atoms with Gasteiger partial charge in [-0.2, -0.15) is 5.10 Å². The first-order valence-corrected chi connectivity index (χ1v) is 5.33. The summed E-state index contributed by atoms with van der Waals surface area (Å²) in [7, 11) is 1.36. The molecule has 3 N–H and O–H groups in total. The Hall–Kier alpha value is -2.83. The molecule has 7 heteroatoms. The molecule has 98 valence electrons. The van der Waals surface area contributed by atoms with Gasteiger partial charge in [0.05, 0.1) is 18.9 Å². The fourth-order valence-electron chi connectivity index (χ4n) is 1.52. The maximum absolute atomic E-state index is 11.8. The minimum Gasteiger partial charge on any atom is -0.496 e. The van der Waals surface area contributed by atoms with E-state index >= 15 is 0 Å². The fourth-order valence-corrected chi connectivity index (χ4v) is 1.52. The van der Waals surface area contributed by atoms with Crippen LogP contribution >= 0.6 is 0 Å². The number of nitrogens with zero attached hydrogens (tertiary/aromatic N) is 1. The van der Waals surface area contributed by atoms with Crippen LogP contribution in [-0.4, -0.2) is 34.3 Å². The molecule has 0 aliphatic heterocycles. The van der Waals surface area contributed by atoms with Gasteiger partial charge in [-0.15, -0.1) is 0 Å². The number of nitrogens with one attached hydrogen (secondary N) is 2. The normalized spacial score (nSPS) is 9.95. The average Bonchev–Trinajstić information content (AvgIpc) is 2.92. The van der Waals surface area contributed by atoms with Gasteiger partial charge in [0.1, 0.15) is 11.3 Å². The largest absolute Gasteiger partial charge is 0.496 e. The fraction of sp³-hybridized carbons (Fsp3) is 0.0833. The maximum atomic E-state index is 11.8. The number of carbonyl (C=O) groups excluding carboxylic acids is 1. The van der Waals surface area contributed by atoms with Crippen LogP contribution in [0, 0.1) is 0 Å². The van der Waals surface area contributed by atoms with E-state index in [9.17, 15) is 9.59 Å². The summed E-state index contributed by atoms with van der Waals surface area (Å²) in [5.41, 5.74) is 0.845. The third-order valence-electron chi connectivity index (χ3n) is 2.45. The first-order chi connectivity index (χ1) is 9.11. The number of aromatic amines is 1. The van der Waals surface area contributed by atoms with Crippen molar-refractivity contribution in [3.05, 3.63) is 41.7 Å². The van der Waals surface area contributed by atoms with Gasteiger partial charge in [0.2, 0.25) is 0 Å². The molecule has 1 aromatic heterocycles. The third kappa shape index (κ3) is 2.71. The number of amides is 1. The summed E-state index contributed by atoms with van der Waals surface area (Å²) in [6.07, 6.45) is 2.84. The van der Waals surface area contributed by atoms with Gasteiger partial charge in [0, 0.05) is 18.0 Å². The van der Waals surface area contributed by atoms with Gasteiger partial charge < -0.3 is 15.2 Å². The molecule has 1 heterocycles. The number of aromatic carboxylic acids is 1. The molecule has 2 rings (SSSR count). The SMILES string of the molecule is COc1cc(NC(=O)c2cn[nH]c2)ccc1C(=O)O. The van der Waals surface area contributed by atoms with Crippen LogP contribution in [0.3, 0.4) is 0 Å². The molecular weight excluding hydrogens is 250 g/mol. The predicted molar refractivity (Wildman–Crippen MR) is 66.5 cm³/mol. The quantitative estimate of drug-likeness (QED) is 0.771. The molecule has 19 heavy (non-hydrogen) atoms. The molecule has 2 aromatic rings. The van der Waals surface area contributed by atoms with Crippen LogP contribution in [0.5, 0.6) is 5.75 Å². The first kappa shape index (κ1) is 12.6. The van der Waals surface area contributed by atoms with Gasteiger partial charge in [-0.25, -0.2) is 4.79 Å². The Morgan fingerprint density at radius 2 is 2.21 bits per heavy atom. The number of rotatable bonds is 4. The van der Waals surface area contributed by atoms with E-state index in [2.05, 4.69) is 15.5 Å². The van der Waals surface area contributed by atoms with Crippen molar-refractivity contribution in [1.29, 1.82) is 0 Å². The lowest BCUT2D eigenvalue weighted by atomic mass is 10.1. The summed E-state index contributed by atoms with van der Waals surface area (Å²) < 4.78 is 4.97.